The van der Waals surface area contributed by atoms with Gasteiger partial charge in [0, 0.05) is 7.05 Å². The van der Waals surface area contributed by atoms with Crippen LogP contribution in [0.25, 0.3) is 0 Å². The second-order valence-corrected chi connectivity index (χ2v) is 5.20. The number of hydrogen-bond donors (Lipinski definition) is 0. The van der Waals surface area contributed by atoms with Crippen molar-refractivity contribution in [3.63, 3.8) is 0 Å². The van der Waals surface area contributed by atoms with Crippen molar-refractivity contribution in [1.29, 1.82) is 10.5 Å². The fraction of sp³-hybridized carbons (Fsp3) is 0.400. The van der Waals surface area contributed by atoms with E-state index in [1.807, 2.05) is 6.92 Å². The summed E-state index contributed by atoms with van der Waals surface area (Å²) in [5.74, 6) is 0.194. The Bertz CT molecular complexity index is 588. The van der Waals surface area contributed by atoms with Crippen molar-refractivity contribution in [3.05, 3.63) is 29.8 Å². The van der Waals surface area contributed by atoms with E-state index in [4.69, 9.17) is 5.26 Å². The fourth-order valence-corrected chi connectivity index (χ4v) is 2.73. The predicted molar refractivity (Wildman–Crippen MR) is 71.0 cm³/mol. The lowest BCUT2D eigenvalue weighted by Gasteiger charge is -2.41. The number of anilines is 1. The summed E-state index contributed by atoms with van der Waals surface area (Å²) in [7, 11) is 1.63. The second kappa shape index (κ2) is 4.74. The number of para-hydroxylation sites is 1. The summed E-state index contributed by atoms with van der Waals surface area (Å²) in [6, 6.07) is 11.2. The fourth-order valence-electron chi connectivity index (χ4n) is 2.73. The Labute approximate surface area is 112 Å². The van der Waals surface area contributed by atoms with Gasteiger partial charge in [-0.05, 0) is 30.9 Å². The molecule has 0 radical (unpaired) electrons. The normalized spacial score (nSPS) is 24.7. The van der Waals surface area contributed by atoms with Crippen LogP contribution < -0.4 is 4.90 Å². The van der Waals surface area contributed by atoms with Crippen LogP contribution in [0.3, 0.4) is 0 Å². The minimum atomic E-state index is -0.906. The van der Waals surface area contributed by atoms with E-state index >= 15 is 0 Å². The number of rotatable bonds is 2. The van der Waals surface area contributed by atoms with Gasteiger partial charge in [-0.2, -0.15) is 10.5 Å². The summed E-state index contributed by atoms with van der Waals surface area (Å²) in [5, 5.41) is 18.4. The smallest absolute Gasteiger partial charge is 0.247 e. The van der Waals surface area contributed by atoms with Crippen molar-refractivity contribution >= 4 is 11.6 Å². The third kappa shape index (κ3) is 2.06. The van der Waals surface area contributed by atoms with E-state index in [1.165, 1.54) is 4.90 Å². The molecule has 1 saturated carbocycles. The highest BCUT2D eigenvalue weighted by Gasteiger charge is 2.50. The summed E-state index contributed by atoms with van der Waals surface area (Å²) in [4.78, 5) is 13.9. The average Bonchev–Trinajstić information content (AvgIpc) is 2.42. The minimum absolute atomic E-state index is 0.212. The molecule has 0 spiro atoms. The molecule has 0 atom stereocenters. The molecule has 1 aromatic carbocycles. The van der Waals surface area contributed by atoms with Gasteiger partial charge in [-0.1, -0.05) is 19.1 Å². The van der Waals surface area contributed by atoms with Gasteiger partial charge in [0.05, 0.1) is 17.3 Å². The predicted octanol–water partition coefficient (Wildman–Crippen LogP) is 2.46. The maximum atomic E-state index is 12.5. The number of nitrogens with zero attached hydrogens (tertiary/aromatic N) is 3. The molecule has 0 aliphatic heterocycles. The van der Waals surface area contributed by atoms with E-state index in [0.717, 1.165) is 0 Å². The maximum absolute atomic E-state index is 12.5. The molecule has 0 heterocycles. The first-order valence-corrected chi connectivity index (χ1v) is 6.22. The first-order chi connectivity index (χ1) is 9.04. The molecule has 1 fully saturated rings. The highest BCUT2D eigenvalue weighted by molar-refractivity contribution is 6.00. The molecule has 1 aliphatic rings. The Morgan fingerprint density at radius 2 is 2.00 bits per heavy atom. The summed E-state index contributed by atoms with van der Waals surface area (Å²) in [6.07, 6.45) is 1.20. The molecule has 1 aromatic rings. The second-order valence-electron chi connectivity index (χ2n) is 5.20. The van der Waals surface area contributed by atoms with Crippen LogP contribution in [0.4, 0.5) is 5.69 Å². The molecule has 0 saturated heterocycles. The third-order valence-corrected chi connectivity index (χ3v) is 3.71. The SMILES string of the molecule is CC1CC(C#N)(C(=O)N(C)c2ccccc2C#N)C1. The molecule has 1 aliphatic carbocycles. The lowest BCUT2D eigenvalue weighted by Crippen LogP contribution is -2.49. The van der Waals surface area contributed by atoms with Gasteiger partial charge in [-0.3, -0.25) is 4.79 Å². The van der Waals surface area contributed by atoms with Gasteiger partial charge in [0.25, 0.3) is 0 Å². The molecule has 0 aromatic heterocycles. The van der Waals surface area contributed by atoms with Crippen LogP contribution in [-0.2, 0) is 4.79 Å². The van der Waals surface area contributed by atoms with Crippen molar-refractivity contribution in [1.82, 2.24) is 0 Å². The highest BCUT2D eigenvalue weighted by Crippen LogP contribution is 2.46. The lowest BCUT2D eigenvalue weighted by molar-refractivity contribution is -0.130. The monoisotopic (exact) mass is 253 g/mol. The molecule has 0 bridgehead atoms. The zero-order valence-electron chi connectivity index (χ0n) is 11.1. The Kier molecular flexibility index (Phi) is 3.27. The Morgan fingerprint density at radius 1 is 1.37 bits per heavy atom. The van der Waals surface area contributed by atoms with E-state index in [-0.39, 0.29) is 5.91 Å². The summed E-state index contributed by atoms with van der Waals surface area (Å²) >= 11 is 0. The van der Waals surface area contributed by atoms with Crippen LogP contribution in [-0.4, -0.2) is 13.0 Å². The lowest BCUT2D eigenvalue weighted by atomic mass is 9.62. The zero-order valence-corrected chi connectivity index (χ0v) is 11.1. The molecule has 1 amide bonds. The van der Waals surface area contributed by atoms with E-state index < -0.39 is 5.41 Å². The topological polar surface area (TPSA) is 67.9 Å². The largest absolute Gasteiger partial charge is 0.313 e. The molecule has 96 valence electrons. The molecular formula is C15H15N3O. The number of benzene rings is 1. The highest BCUT2D eigenvalue weighted by atomic mass is 16.2. The molecule has 2 rings (SSSR count). The van der Waals surface area contributed by atoms with Gasteiger partial charge in [0.15, 0.2) is 0 Å². The van der Waals surface area contributed by atoms with Gasteiger partial charge in [0.2, 0.25) is 5.91 Å². The standard InChI is InChI=1S/C15H15N3O/c1-11-7-15(8-11,10-17)14(19)18(2)13-6-4-3-5-12(13)9-16/h3-6,11H,7-8H2,1-2H3. The first kappa shape index (κ1) is 13.1. The van der Waals surface area contributed by atoms with Gasteiger partial charge in [-0.15, -0.1) is 0 Å². The van der Waals surface area contributed by atoms with Crippen LogP contribution in [0.1, 0.15) is 25.3 Å². The minimum Gasteiger partial charge on any atom is -0.313 e. The molecule has 0 N–H and O–H groups in total. The quantitative estimate of drug-likeness (QED) is 0.813. The number of carbonyl (C=O) groups is 1. The van der Waals surface area contributed by atoms with Crippen molar-refractivity contribution in [3.8, 4) is 12.1 Å². The summed E-state index contributed by atoms with van der Waals surface area (Å²) in [5.41, 5.74) is 0.0968. The number of amides is 1. The van der Waals surface area contributed by atoms with Crippen LogP contribution in [0.15, 0.2) is 24.3 Å². The molecule has 19 heavy (non-hydrogen) atoms. The maximum Gasteiger partial charge on any atom is 0.247 e. The van der Waals surface area contributed by atoms with Crippen molar-refractivity contribution in [2.24, 2.45) is 11.3 Å². The van der Waals surface area contributed by atoms with E-state index in [1.54, 1.807) is 31.3 Å². The number of nitriles is 2. The van der Waals surface area contributed by atoms with Crippen LogP contribution in [0.2, 0.25) is 0 Å². The van der Waals surface area contributed by atoms with Crippen molar-refractivity contribution in [2.45, 2.75) is 19.8 Å². The molecular weight excluding hydrogens is 238 g/mol. The summed E-state index contributed by atoms with van der Waals surface area (Å²) < 4.78 is 0. The number of hydrogen-bond acceptors (Lipinski definition) is 3. The third-order valence-electron chi connectivity index (χ3n) is 3.71. The van der Waals surface area contributed by atoms with Crippen LogP contribution in [0.5, 0.6) is 0 Å². The van der Waals surface area contributed by atoms with E-state index in [0.29, 0.717) is 30.0 Å². The van der Waals surface area contributed by atoms with Gasteiger partial charge < -0.3 is 4.90 Å². The van der Waals surface area contributed by atoms with Gasteiger partial charge >= 0.3 is 0 Å². The first-order valence-electron chi connectivity index (χ1n) is 6.22. The van der Waals surface area contributed by atoms with Gasteiger partial charge in [-0.25, -0.2) is 0 Å². The van der Waals surface area contributed by atoms with Crippen LogP contribution in [0, 0.1) is 34.0 Å². The summed E-state index contributed by atoms with van der Waals surface area (Å²) in [6.45, 7) is 2.03. The Balaban J connectivity index is 2.30. The van der Waals surface area contributed by atoms with E-state index in [9.17, 15) is 10.1 Å². The van der Waals surface area contributed by atoms with Crippen molar-refractivity contribution in [2.75, 3.05) is 11.9 Å². The molecule has 0 unspecified atom stereocenters. The Hall–Kier alpha value is -2.33. The van der Waals surface area contributed by atoms with Gasteiger partial charge in [0.1, 0.15) is 11.5 Å². The Morgan fingerprint density at radius 3 is 2.53 bits per heavy atom. The van der Waals surface area contributed by atoms with E-state index in [2.05, 4.69) is 12.1 Å². The zero-order chi connectivity index (χ0) is 14.0. The van der Waals surface area contributed by atoms with Crippen molar-refractivity contribution < 1.29 is 4.79 Å². The average molecular weight is 253 g/mol. The molecule has 4 heteroatoms. The molecule has 4 nitrogen and oxygen atoms in total. The number of carbonyl (C=O) groups excluding carboxylic acids is 1. The van der Waals surface area contributed by atoms with Crippen LogP contribution >= 0.6 is 0 Å².